The summed E-state index contributed by atoms with van der Waals surface area (Å²) in [6, 6.07) is 6.37. The minimum Gasteiger partial charge on any atom is -0.468 e. The van der Waals surface area contributed by atoms with E-state index in [4.69, 9.17) is 12.2 Å². The molecule has 9 heteroatoms. The quantitative estimate of drug-likeness (QED) is 0.471. The summed E-state index contributed by atoms with van der Waals surface area (Å²) in [4.78, 5) is 13.2. The van der Waals surface area contributed by atoms with Gasteiger partial charge in [0.25, 0.3) is 10.0 Å². The predicted molar refractivity (Wildman–Crippen MR) is 81.7 cm³/mol. The SMILES string of the molecule is COC(=O)CSC(=S)NNS(=O)(=O)c1ccc(C)cc1. The van der Waals surface area contributed by atoms with Crippen LogP contribution < -0.4 is 10.3 Å². The fraction of sp³-hybridized carbons (Fsp3) is 0.273. The molecule has 20 heavy (non-hydrogen) atoms. The van der Waals surface area contributed by atoms with Gasteiger partial charge in [-0.05, 0) is 19.1 Å². The van der Waals surface area contributed by atoms with Crippen LogP contribution in [-0.4, -0.2) is 31.6 Å². The average Bonchev–Trinajstić information content (AvgIpc) is 2.43. The van der Waals surface area contributed by atoms with Crippen LogP contribution in [0.1, 0.15) is 5.56 Å². The van der Waals surface area contributed by atoms with Crippen molar-refractivity contribution >= 4 is 44.3 Å². The van der Waals surface area contributed by atoms with Gasteiger partial charge in [0.2, 0.25) is 0 Å². The molecule has 0 unspecified atom stereocenters. The maximum Gasteiger partial charge on any atom is 0.316 e. The smallest absolute Gasteiger partial charge is 0.316 e. The molecule has 0 aliphatic rings. The number of thioether (sulfide) groups is 1. The van der Waals surface area contributed by atoms with Gasteiger partial charge in [-0.25, -0.2) is 8.42 Å². The molecular formula is C11H14N2O4S3. The van der Waals surface area contributed by atoms with Crippen molar-refractivity contribution in [2.75, 3.05) is 12.9 Å². The van der Waals surface area contributed by atoms with Gasteiger partial charge in [-0.1, -0.05) is 41.7 Å². The van der Waals surface area contributed by atoms with E-state index in [0.29, 0.717) is 0 Å². The third-order valence-corrected chi connectivity index (χ3v) is 4.63. The fourth-order valence-corrected chi connectivity index (χ4v) is 2.80. The largest absolute Gasteiger partial charge is 0.468 e. The lowest BCUT2D eigenvalue weighted by Crippen LogP contribution is -2.39. The van der Waals surface area contributed by atoms with E-state index in [9.17, 15) is 13.2 Å². The van der Waals surface area contributed by atoms with Crippen molar-refractivity contribution in [3.63, 3.8) is 0 Å². The number of esters is 1. The highest BCUT2D eigenvalue weighted by molar-refractivity contribution is 8.23. The molecule has 0 radical (unpaired) electrons. The molecule has 6 nitrogen and oxygen atoms in total. The van der Waals surface area contributed by atoms with Crippen LogP contribution in [0.4, 0.5) is 0 Å². The Hall–Kier alpha value is -1.16. The molecule has 0 saturated carbocycles. The molecule has 0 aliphatic carbocycles. The van der Waals surface area contributed by atoms with Crippen molar-refractivity contribution in [2.45, 2.75) is 11.8 Å². The molecule has 0 spiro atoms. The molecule has 0 aliphatic heterocycles. The second-order valence-corrected chi connectivity index (χ2v) is 7.03. The number of carbonyl (C=O) groups excluding carboxylic acids is 1. The first-order chi connectivity index (χ1) is 9.35. The normalized spacial score (nSPS) is 10.9. The van der Waals surface area contributed by atoms with Crippen LogP contribution in [0, 0.1) is 6.92 Å². The molecule has 2 N–H and O–H groups in total. The zero-order valence-corrected chi connectivity index (χ0v) is 13.3. The van der Waals surface area contributed by atoms with Gasteiger partial charge in [-0.2, -0.15) is 0 Å². The van der Waals surface area contributed by atoms with E-state index in [-0.39, 0.29) is 15.0 Å². The topological polar surface area (TPSA) is 84.5 Å². The molecule has 0 aromatic heterocycles. The molecular weight excluding hydrogens is 320 g/mol. The van der Waals surface area contributed by atoms with Crippen molar-refractivity contribution < 1.29 is 17.9 Å². The minimum absolute atomic E-state index is 0.00852. The molecule has 0 fully saturated rings. The maximum atomic E-state index is 11.9. The van der Waals surface area contributed by atoms with E-state index in [1.165, 1.54) is 19.2 Å². The van der Waals surface area contributed by atoms with E-state index in [2.05, 4.69) is 15.0 Å². The Kier molecular flexibility index (Phi) is 6.40. The van der Waals surface area contributed by atoms with E-state index in [1.807, 2.05) is 6.92 Å². The summed E-state index contributed by atoms with van der Waals surface area (Å²) in [5.74, 6) is -0.435. The number of rotatable bonds is 5. The molecule has 1 aromatic carbocycles. The van der Waals surface area contributed by atoms with Gasteiger partial charge >= 0.3 is 5.97 Å². The van der Waals surface area contributed by atoms with E-state index < -0.39 is 16.0 Å². The first-order valence-electron chi connectivity index (χ1n) is 5.43. The Bertz CT molecular complexity index is 584. The Labute approximate surface area is 127 Å². The summed E-state index contributed by atoms with van der Waals surface area (Å²) < 4.78 is 28.4. The number of carbonyl (C=O) groups is 1. The molecule has 1 aromatic rings. The van der Waals surface area contributed by atoms with Crippen LogP contribution in [0.25, 0.3) is 0 Å². The zero-order chi connectivity index (χ0) is 15.2. The highest BCUT2D eigenvalue weighted by Crippen LogP contribution is 2.09. The van der Waals surface area contributed by atoms with Crippen molar-refractivity contribution in [1.82, 2.24) is 10.3 Å². The zero-order valence-electron chi connectivity index (χ0n) is 10.9. The van der Waals surface area contributed by atoms with Gasteiger partial charge < -0.3 is 4.74 Å². The Morgan fingerprint density at radius 2 is 1.95 bits per heavy atom. The first-order valence-corrected chi connectivity index (χ1v) is 8.31. The molecule has 0 saturated heterocycles. The van der Waals surface area contributed by atoms with Crippen LogP contribution >= 0.6 is 24.0 Å². The monoisotopic (exact) mass is 334 g/mol. The van der Waals surface area contributed by atoms with Gasteiger partial charge in [-0.3, -0.25) is 10.2 Å². The second kappa shape index (κ2) is 7.58. The van der Waals surface area contributed by atoms with Gasteiger partial charge in [0.1, 0.15) is 4.32 Å². The van der Waals surface area contributed by atoms with Crippen molar-refractivity contribution in [3.8, 4) is 0 Å². The number of aryl methyl sites for hydroxylation is 1. The van der Waals surface area contributed by atoms with Crippen LogP contribution in [0.5, 0.6) is 0 Å². The van der Waals surface area contributed by atoms with E-state index in [1.54, 1.807) is 12.1 Å². The lowest BCUT2D eigenvalue weighted by Gasteiger charge is -2.09. The minimum atomic E-state index is -3.69. The lowest BCUT2D eigenvalue weighted by molar-refractivity contribution is -0.137. The number of hydrogen-bond acceptors (Lipinski definition) is 6. The number of ether oxygens (including phenoxy) is 1. The summed E-state index contributed by atoms with van der Waals surface area (Å²) >= 11 is 5.84. The van der Waals surface area contributed by atoms with Crippen LogP contribution in [0.3, 0.4) is 0 Å². The third-order valence-electron chi connectivity index (χ3n) is 2.17. The Balaban J connectivity index is 2.53. The summed E-state index contributed by atoms with van der Waals surface area (Å²) in [6.45, 7) is 1.86. The standard InChI is InChI=1S/C11H14N2O4S3/c1-8-3-5-9(6-4-8)20(15,16)13-12-11(18)19-7-10(14)17-2/h3-6,13H,7H2,1-2H3,(H,12,18). The summed E-state index contributed by atoms with van der Waals surface area (Å²) in [5, 5.41) is 0. The Morgan fingerprint density at radius 1 is 1.35 bits per heavy atom. The van der Waals surface area contributed by atoms with Gasteiger partial charge in [-0.15, -0.1) is 4.83 Å². The summed E-state index contributed by atoms with van der Waals surface area (Å²) in [6.07, 6.45) is 0. The number of sulfonamides is 1. The second-order valence-electron chi connectivity index (χ2n) is 3.70. The molecule has 1 rings (SSSR count). The number of hydrogen-bond donors (Lipinski definition) is 2. The first kappa shape index (κ1) is 16.9. The van der Waals surface area contributed by atoms with E-state index >= 15 is 0 Å². The fourth-order valence-electron chi connectivity index (χ4n) is 1.10. The Morgan fingerprint density at radius 3 is 2.50 bits per heavy atom. The van der Waals surface area contributed by atoms with Crippen molar-refractivity contribution in [3.05, 3.63) is 29.8 Å². The van der Waals surface area contributed by atoms with Gasteiger partial charge in [0.15, 0.2) is 0 Å². The molecule has 0 heterocycles. The van der Waals surface area contributed by atoms with Gasteiger partial charge in [0.05, 0.1) is 17.8 Å². The number of benzene rings is 1. The van der Waals surface area contributed by atoms with E-state index in [0.717, 1.165) is 17.3 Å². The van der Waals surface area contributed by atoms with Crippen molar-refractivity contribution in [2.24, 2.45) is 0 Å². The summed E-state index contributed by atoms with van der Waals surface area (Å²) in [5.41, 5.74) is 3.32. The predicted octanol–water partition coefficient (Wildman–Crippen LogP) is 0.969. The highest BCUT2D eigenvalue weighted by Gasteiger charge is 2.14. The van der Waals surface area contributed by atoms with Crippen LogP contribution in [-0.2, 0) is 19.6 Å². The number of nitrogens with one attached hydrogen (secondary N) is 2. The number of thiocarbonyl (C=S) groups is 1. The average molecular weight is 334 g/mol. The lowest BCUT2D eigenvalue weighted by atomic mass is 10.2. The molecule has 0 atom stereocenters. The van der Waals surface area contributed by atoms with Crippen LogP contribution in [0.2, 0.25) is 0 Å². The molecule has 110 valence electrons. The maximum absolute atomic E-state index is 11.9. The third kappa shape index (κ3) is 5.45. The summed E-state index contributed by atoms with van der Waals surface area (Å²) in [7, 11) is -2.43. The highest BCUT2D eigenvalue weighted by atomic mass is 32.2. The molecule has 0 amide bonds. The number of methoxy groups -OCH3 is 1. The number of hydrazine groups is 1. The van der Waals surface area contributed by atoms with Gasteiger partial charge in [0, 0.05) is 0 Å². The van der Waals surface area contributed by atoms with Crippen molar-refractivity contribution in [1.29, 1.82) is 0 Å². The van der Waals surface area contributed by atoms with Crippen LogP contribution in [0.15, 0.2) is 29.2 Å². The molecule has 0 bridgehead atoms.